The van der Waals surface area contributed by atoms with Crippen molar-refractivity contribution in [2.45, 2.75) is 25.6 Å². The van der Waals surface area contributed by atoms with E-state index in [-0.39, 0.29) is 6.04 Å². The van der Waals surface area contributed by atoms with Gasteiger partial charge in [-0.3, -0.25) is 0 Å². The molecule has 0 bridgehead atoms. The number of benzene rings is 1. The van der Waals surface area contributed by atoms with Crippen molar-refractivity contribution in [2.24, 2.45) is 0 Å². The molecule has 16 heavy (non-hydrogen) atoms. The quantitative estimate of drug-likeness (QED) is 0.850. The van der Waals surface area contributed by atoms with Gasteiger partial charge in [-0.15, -0.1) is 11.3 Å². The number of hydrogen-bond donors (Lipinski definition) is 1. The third-order valence-corrected chi connectivity index (χ3v) is 3.84. The third-order valence-electron chi connectivity index (χ3n) is 2.96. The van der Waals surface area contributed by atoms with Crippen molar-refractivity contribution in [3.05, 3.63) is 35.2 Å². The maximum atomic E-state index is 14.2. The van der Waals surface area contributed by atoms with Gasteiger partial charge >= 0.3 is 0 Å². The average Bonchev–Trinajstić information content (AvgIpc) is 2.77. The van der Waals surface area contributed by atoms with Gasteiger partial charge in [0.1, 0.15) is 6.17 Å². The lowest BCUT2D eigenvalue weighted by atomic mass is 10.0. The summed E-state index contributed by atoms with van der Waals surface area (Å²) in [4.78, 5) is 0. The van der Waals surface area contributed by atoms with E-state index in [1.807, 2.05) is 37.6 Å². The Morgan fingerprint density at radius 2 is 2.19 bits per heavy atom. The van der Waals surface area contributed by atoms with Crippen LogP contribution in [0.2, 0.25) is 0 Å². The second kappa shape index (κ2) is 4.93. The van der Waals surface area contributed by atoms with E-state index in [0.29, 0.717) is 0 Å². The predicted octanol–water partition coefficient (Wildman–Crippen LogP) is 3.91. The Morgan fingerprint density at radius 3 is 2.88 bits per heavy atom. The first-order valence-corrected chi connectivity index (χ1v) is 6.42. The summed E-state index contributed by atoms with van der Waals surface area (Å²) in [5.74, 6) is 0. The maximum Gasteiger partial charge on any atom is 0.140 e. The summed E-state index contributed by atoms with van der Waals surface area (Å²) in [5.41, 5.74) is 0.774. The normalized spacial score (nSPS) is 15.2. The number of fused-ring (bicyclic) bond motifs is 1. The van der Waals surface area contributed by atoms with Gasteiger partial charge in [-0.2, -0.15) is 0 Å². The van der Waals surface area contributed by atoms with Gasteiger partial charge in [0.15, 0.2) is 0 Å². The van der Waals surface area contributed by atoms with Crippen molar-refractivity contribution in [1.29, 1.82) is 0 Å². The molecule has 1 nitrogen and oxygen atoms in total. The Hall–Kier alpha value is -0.930. The smallest absolute Gasteiger partial charge is 0.140 e. The van der Waals surface area contributed by atoms with Crippen LogP contribution in [0.25, 0.3) is 10.1 Å². The standard InChI is InChI=1S/C13H16FNS/c1-3-11(15-2)13(14)10-5-4-9-6-7-16-12(9)8-10/h4-8,11,13,15H,3H2,1-2H3. The van der Waals surface area contributed by atoms with Gasteiger partial charge in [0.05, 0.1) is 0 Å². The van der Waals surface area contributed by atoms with E-state index in [9.17, 15) is 4.39 Å². The molecule has 0 saturated heterocycles. The molecule has 2 rings (SSSR count). The topological polar surface area (TPSA) is 12.0 Å². The zero-order valence-corrected chi connectivity index (χ0v) is 10.4. The highest BCUT2D eigenvalue weighted by atomic mass is 32.1. The van der Waals surface area contributed by atoms with Gasteiger partial charge in [-0.05, 0) is 41.9 Å². The molecule has 3 heteroatoms. The van der Waals surface area contributed by atoms with Crippen LogP contribution in [0.1, 0.15) is 25.1 Å². The number of nitrogens with one attached hydrogen (secondary N) is 1. The lowest BCUT2D eigenvalue weighted by Gasteiger charge is -2.19. The van der Waals surface area contributed by atoms with Crippen LogP contribution in [0.15, 0.2) is 29.6 Å². The number of alkyl halides is 1. The van der Waals surface area contributed by atoms with Gasteiger partial charge in [0.2, 0.25) is 0 Å². The molecule has 2 aromatic rings. The Bertz CT molecular complexity index is 462. The number of thiophene rings is 1. The van der Waals surface area contributed by atoms with Gasteiger partial charge in [-0.1, -0.05) is 19.1 Å². The molecule has 0 saturated carbocycles. The van der Waals surface area contributed by atoms with Crippen molar-refractivity contribution < 1.29 is 4.39 Å². The maximum absolute atomic E-state index is 14.2. The first-order valence-electron chi connectivity index (χ1n) is 5.54. The Kier molecular flexibility index (Phi) is 3.56. The van der Waals surface area contributed by atoms with Crippen LogP contribution in [-0.4, -0.2) is 13.1 Å². The molecular weight excluding hydrogens is 221 g/mol. The van der Waals surface area contributed by atoms with Crippen LogP contribution in [0, 0.1) is 0 Å². The first kappa shape index (κ1) is 11.6. The monoisotopic (exact) mass is 237 g/mol. The molecule has 0 aliphatic heterocycles. The fourth-order valence-corrected chi connectivity index (χ4v) is 2.77. The summed E-state index contributed by atoms with van der Waals surface area (Å²) in [5, 5.41) is 6.25. The van der Waals surface area contributed by atoms with E-state index >= 15 is 0 Å². The van der Waals surface area contributed by atoms with Crippen LogP contribution < -0.4 is 5.32 Å². The summed E-state index contributed by atoms with van der Waals surface area (Å²) >= 11 is 1.66. The molecule has 0 radical (unpaired) electrons. The minimum Gasteiger partial charge on any atom is -0.314 e. The van der Waals surface area contributed by atoms with Crippen molar-refractivity contribution >= 4 is 21.4 Å². The number of hydrogen-bond acceptors (Lipinski definition) is 2. The highest BCUT2D eigenvalue weighted by molar-refractivity contribution is 7.17. The van der Waals surface area contributed by atoms with Gasteiger partial charge in [-0.25, -0.2) is 4.39 Å². The SMILES string of the molecule is CCC(NC)C(F)c1ccc2ccsc2c1. The zero-order valence-electron chi connectivity index (χ0n) is 9.53. The minimum absolute atomic E-state index is 0.0996. The summed E-state index contributed by atoms with van der Waals surface area (Å²) in [6.07, 6.45) is -0.137. The van der Waals surface area contributed by atoms with Crippen molar-refractivity contribution in [3.63, 3.8) is 0 Å². The van der Waals surface area contributed by atoms with Gasteiger partial charge < -0.3 is 5.32 Å². The van der Waals surface area contributed by atoms with E-state index in [4.69, 9.17) is 0 Å². The van der Waals surface area contributed by atoms with Gasteiger partial charge in [0.25, 0.3) is 0 Å². The van der Waals surface area contributed by atoms with E-state index in [1.165, 1.54) is 5.39 Å². The third kappa shape index (κ3) is 2.11. The van der Waals surface area contributed by atoms with Gasteiger partial charge in [0, 0.05) is 10.7 Å². The molecule has 1 heterocycles. The highest BCUT2D eigenvalue weighted by Crippen LogP contribution is 2.28. The molecule has 1 N–H and O–H groups in total. The molecule has 1 aromatic heterocycles. The number of halogens is 1. The minimum atomic E-state index is -0.929. The van der Waals surface area contributed by atoms with Crippen LogP contribution >= 0.6 is 11.3 Å². The second-order valence-electron chi connectivity index (χ2n) is 3.92. The molecule has 0 fully saturated rings. The molecule has 0 aliphatic rings. The average molecular weight is 237 g/mol. The molecule has 0 amide bonds. The Morgan fingerprint density at radius 1 is 1.38 bits per heavy atom. The lowest BCUT2D eigenvalue weighted by Crippen LogP contribution is -2.29. The summed E-state index contributed by atoms with van der Waals surface area (Å²) in [7, 11) is 1.81. The molecule has 86 valence electrons. The van der Waals surface area contributed by atoms with E-state index < -0.39 is 6.17 Å². The molecule has 0 spiro atoms. The number of rotatable bonds is 4. The fraction of sp³-hybridized carbons (Fsp3) is 0.385. The molecule has 1 aromatic carbocycles. The molecule has 2 unspecified atom stereocenters. The van der Waals surface area contributed by atoms with Crippen LogP contribution in [0.4, 0.5) is 4.39 Å². The van der Waals surface area contributed by atoms with Crippen LogP contribution in [0.5, 0.6) is 0 Å². The van der Waals surface area contributed by atoms with E-state index in [1.54, 1.807) is 11.3 Å². The fourth-order valence-electron chi connectivity index (χ4n) is 1.93. The lowest BCUT2D eigenvalue weighted by molar-refractivity contribution is 0.257. The van der Waals surface area contributed by atoms with Crippen molar-refractivity contribution in [1.82, 2.24) is 5.32 Å². The Balaban J connectivity index is 2.31. The summed E-state index contributed by atoms with van der Waals surface area (Å²) in [6, 6.07) is 7.81. The zero-order chi connectivity index (χ0) is 11.5. The summed E-state index contributed by atoms with van der Waals surface area (Å²) < 4.78 is 15.3. The largest absolute Gasteiger partial charge is 0.314 e. The summed E-state index contributed by atoms with van der Waals surface area (Å²) in [6.45, 7) is 2.00. The highest BCUT2D eigenvalue weighted by Gasteiger charge is 2.19. The number of likely N-dealkylation sites (N-methyl/N-ethyl adjacent to an activating group) is 1. The van der Waals surface area contributed by atoms with Crippen LogP contribution in [0.3, 0.4) is 0 Å². The molecule has 0 aliphatic carbocycles. The predicted molar refractivity (Wildman–Crippen MR) is 68.8 cm³/mol. The van der Waals surface area contributed by atoms with E-state index in [2.05, 4.69) is 11.4 Å². The Labute approximate surface area is 99.3 Å². The van der Waals surface area contributed by atoms with Crippen LogP contribution in [-0.2, 0) is 0 Å². The molecule has 2 atom stereocenters. The van der Waals surface area contributed by atoms with Crippen molar-refractivity contribution in [2.75, 3.05) is 7.05 Å². The first-order chi connectivity index (χ1) is 7.76. The van der Waals surface area contributed by atoms with E-state index in [0.717, 1.165) is 16.7 Å². The molecular formula is C13H16FNS. The van der Waals surface area contributed by atoms with Crippen molar-refractivity contribution in [3.8, 4) is 0 Å². The second-order valence-corrected chi connectivity index (χ2v) is 4.87.